The van der Waals surface area contributed by atoms with Gasteiger partial charge in [-0.15, -0.1) is 0 Å². The number of rotatable bonds is 4. The minimum atomic E-state index is 0.0671. The molecule has 2 N–H and O–H groups in total. The molecule has 0 unspecified atom stereocenters. The first-order chi connectivity index (χ1) is 14.7. The first-order valence-electron chi connectivity index (χ1n) is 10.0. The highest BCUT2D eigenvalue weighted by Gasteiger charge is 2.34. The van der Waals surface area contributed by atoms with E-state index in [2.05, 4.69) is 52.8 Å². The minimum absolute atomic E-state index is 0.0671. The maximum atomic E-state index is 6.13. The van der Waals surface area contributed by atoms with Crippen molar-refractivity contribution in [3.05, 3.63) is 94.1 Å². The number of hydrogen-bond donors (Lipinski definition) is 2. The summed E-state index contributed by atoms with van der Waals surface area (Å²) in [6.07, 6.45) is 0. The van der Waals surface area contributed by atoms with Gasteiger partial charge in [-0.2, -0.15) is 0 Å². The van der Waals surface area contributed by atoms with E-state index >= 15 is 0 Å². The van der Waals surface area contributed by atoms with E-state index in [0.29, 0.717) is 0 Å². The number of nitrogens with one attached hydrogen (secondary N) is 2. The fourth-order valence-electron chi connectivity index (χ4n) is 4.62. The monoisotopic (exact) mass is 418 g/mol. The van der Waals surface area contributed by atoms with Gasteiger partial charge in [0.25, 0.3) is 0 Å². The Kier molecular flexibility index (Phi) is 4.89. The number of ether oxygens (including phenoxy) is 2. The van der Waals surface area contributed by atoms with Crippen molar-refractivity contribution < 1.29 is 9.47 Å². The van der Waals surface area contributed by atoms with Crippen LogP contribution in [0, 0.1) is 0 Å². The van der Waals surface area contributed by atoms with Crippen LogP contribution in [0.4, 0.5) is 0 Å². The molecule has 5 heteroatoms. The number of benzene rings is 3. The van der Waals surface area contributed by atoms with Crippen LogP contribution in [-0.4, -0.2) is 25.7 Å². The van der Waals surface area contributed by atoms with Crippen molar-refractivity contribution in [2.45, 2.75) is 12.0 Å². The van der Waals surface area contributed by atoms with Gasteiger partial charge in [-0.1, -0.05) is 54.1 Å². The smallest absolute Gasteiger partial charge is 0.164 e. The molecule has 2 atom stereocenters. The highest BCUT2D eigenvalue weighted by atomic mass is 35.5. The van der Waals surface area contributed by atoms with E-state index in [9.17, 15) is 0 Å². The minimum Gasteiger partial charge on any atom is -0.493 e. The molecule has 0 amide bonds. The number of methoxy groups -OCH3 is 2. The van der Waals surface area contributed by atoms with Gasteiger partial charge in [-0.05, 0) is 35.4 Å². The quantitative estimate of drug-likeness (QED) is 0.449. The van der Waals surface area contributed by atoms with E-state index in [1.165, 1.54) is 22.2 Å². The zero-order valence-electron chi connectivity index (χ0n) is 16.9. The third-order valence-corrected chi connectivity index (χ3v) is 6.20. The molecule has 0 saturated heterocycles. The zero-order chi connectivity index (χ0) is 20.7. The fraction of sp³-hybridized carbons (Fsp3) is 0.200. The Labute approximate surface area is 180 Å². The molecule has 5 rings (SSSR count). The van der Waals surface area contributed by atoms with Gasteiger partial charge in [0.2, 0.25) is 0 Å². The van der Waals surface area contributed by atoms with Crippen LogP contribution in [0.1, 0.15) is 34.3 Å². The van der Waals surface area contributed by atoms with Crippen LogP contribution in [0.25, 0.3) is 10.9 Å². The summed E-state index contributed by atoms with van der Waals surface area (Å²) in [4.78, 5) is 3.68. The van der Waals surface area contributed by atoms with Crippen LogP contribution < -0.4 is 14.8 Å². The number of fused-ring (bicyclic) bond motifs is 3. The first kappa shape index (κ1) is 19.0. The SMILES string of the molecule is COc1cccc([C@@H]2CN[C@@H](c3ccc(Cl)cc3)c3[nH]c4ccccc4c32)c1OC. The number of para-hydroxylation sites is 2. The Hall–Kier alpha value is -2.95. The maximum Gasteiger partial charge on any atom is 0.164 e. The molecule has 4 nitrogen and oxygen atoms in total. The lowest BCUT2D eigenvalue weighted by Crippen LogP contribution is -2.34. The first-order valence-corrected chi connectivity index (χ1v) is 10.4. The van der Waals surface area contributed by atoms with Crippen molar-refractivity contribution in [1.82, 2.24) is 10.3 Å². The Morgan fingerprint density at radius 1 is 0.900 bits per heavy atom. The van der Waals surface area contributed by atoms with Gasteiger partial charge in [-0.25, -0.2) is 0 Å². The largest absolute Gasteiger partial charge is 0.493 e. The van der Waals surface area contributed by atoms with Gasteiger partial charge in [0.1, 0.15) is 0 Å². The lowest BCUT2D eigenvalue weighted by molar-refractivity contribution is 0.349. The van der Waals surface area contributed by atoms with E-state index in [1.54, 1.807) is 14.2 Å². The van der Waals surface area contributed by atoms with Gasteiger partial charge in [0, 0.05) is 39.6 Å². The van der Waals surface area contributed by atoms with Crippen molar-refractivity contribution in [1.29, 1.82) is 0 Å². The standard InChI is InChI=1S/C25H23ClN2O2/c1-29-21-9-5-7-17(25(21)30-2)19-14-27-23(15-10-12-16(26)13-11-15)24-22(19)18-6-3-4-8-20(18)28-24/h3-13,19,23,27-28H,14H2,1-2H3/t19-,23-/m0/s1. The Balaban J connectivity index is 1.71. The van der Waals surface area contributed by atoms with Crippen LogP contribution in [0.15, 0.2) is 66.7 Å². The van der Waals surface area contributed by atoms with Gasteiger partial charge in [0.05, 0.1) is 20.3 Å². The highest BCUT2D eigenvalue weighted by molar-refractivity contribution is 6.30. The summed E-state index contributed by atoms with van der Waals surface area (Å²) >= 11 is 6.13. The van der Waals surface area contributed by atoms with Crippen LogP contribution in [0.5, 0.6) is 11.5 Å². The van der Waals surface area contributed by atoms with Crippen LogP contribution in [0.2, 0.25) is 5.02 Å². The van der Waals surface area contributed by atoms with E-state index in [1.807, 2.05) is 24.3 Å². The zero-order valence-corrected chi connectivity index (χ0v) is 17.7. The fourth-order valence-corrected chi connectivity index (χ4v) is 4.74. The molecule has 2 heterocycles. The Morgan fingerprint density at radius 2 is 1.70 bits per heavy atom. The molecule has 0 spiro atoms. The maximum absolute atomic E-state index is 6.13. The summed E-state index contributed by atoms with van der Waals surface area (Å²) in [6, 6.07) is 22.7. The number of hydrogen-bond acceptors (Lipinski definition) is 3. The molecule has 0 aliphatic carbocycles. The number of H-pyrrole nitrogens is 1. The molecule has 3 aromatic carbocycles. The molecular formula is C25H23ClN2O2. The Bertz CT molecular complexity index is 1200. The van der Waals surface area contributed by atoms with Crippen molar-refractivity contribution in [2.24, 2.45) is 0 Å². The molecule has 0 radical (unpaired) electrons. The molecule has 0 saturated carbocycles. The summed E-state index contributed by atoms with van der Waals surface area (Å²) in [5, 5.41) is 5.72. The average Bonchev–Trinajstić information content (AvgIpc) is 3.18. The summed E-state index contributed by atoms with van der Waals surface area (Å²) in [6.45, 7) is 0.783. The molecule has 4 aromatic rings. The number of aromatic nitrogens is 1. The summed E-state index contributed by atoms with van der Waals surface area (Å²) < 4.78 is 11.3. The molecule has 30 heavy (non-hydrogen) atoms. The van der Waals surface area contributed by atoms with Gasteiger partial charge in [-0.3, -0.25) is 0 Å². The topological polar surface area (TPSA) is 46.3 Å². The van der Waals surface area contributed by atoms with Gasteiger partial charge < -0.3 is 19.8 Å². The second kappa shape index (κ2) is 7.71. The van der Waals surface area contributed by atoms with Crippen LogP contribution >= 0.6 is 11.6 Å². The van der Waals surface area contributed by atoms with Gasteiger partial charge >= 0.3 is 0 Å². The summed E-state index contributed by atoms with van der Waals surface area (Å²) in [5.74, 6) is 1.66. The highest BCUT2D eigenvalue weighted by Crippen LogP contribution is 2.45. The lowest BCUT2D eigenvalue weighted by atomic mass is 9.82. The van der Waals surface area contributed by atoms with Crippen molar-refractivity contribution in [3.63, 3.8) is 0 Å². The van der Waals surface area contributed by atoms with E-state index in [0.717, 1.165) is 34.1 Å². The molecule has 152 valence electrons. The average molecular weight is 419 g/mol. The van der Waals surface area contributed by atoms with Crippen molar-refractivity contribution in [2.75, 3.05) is 20.8 Å². The molecular weight excluding hydrogens is 396 g/mol. The van der Waals surface area contributed by atoms with E-state index in [4.69, 9.17) is 21.1 Å². The van der Waals surface area contributed by atoms with Crippen molar-refractivity contribution in [3.8, 4) is 11.5 Å². The lowest BCUT2D eigenvalue weighted by Gasteiger charge is -2.32. The molecule has 1 aliphatic rings. The number of aromatic amines is 1. The normalized spacial score (nSPS) is 18.2. The predicted molar refractivity (Wildman–Crippen MR) is 121 cm³/mol. The molecule has 1 aromatic heterocycles. The van der Waals surface area contributed by atoms with Crippen LogP contribution in [0.3, 0.4) is 0 Å². The number of halogens is 1. The second-order valence-electron chi connectivity index (χ2n) is 7.53. The molecule has 0 bridgehead atoms. The second-order valence-corrected chi connectivity index (χ2v) is 7.96. The molecule has 0 fully saturated rings. The summed E-state index contributed by atoms with van der Waals surface area (Å²) in [7, 11) is 3.37. The van der Waals surface area contributed by atoms with Crippen molar-refractivity contribution >= 4 is 22.5 Å². The molecule has 1 aliphatic heterocycles. The van der Waals surface area contributed by atoms with Gasteiger partial charge in [0.15, 0.2) is 11.5 Å². The third-order valence-electron chi connectivity index (χ3n) is 5.95. The van der Waals surface area contributed by atoms with E-state index in [-0.39, 0.29) is 12.0 Å². The third kappa shape index (κ3) is 3.04. The van der Waals surface area contributed by atoms with Crippen LogP contribution in [-0.2, 0) is 0 Å². The predicted octanol–water partition coefficient (Wildman–Crippen LogP) is 5.66. The van der Waals surface area contributed by atoms with E-state index < -0.39 is 0 Å². The Morgan fingerprint density at radius 3 is 2.47 bits per heavy atom. The summed E-state index contributed by atoms with van der Waals surface area (Å²) in [5.41, 5.74) is 5.92.